The van der Waals surface area contributed by atoms with Crippen molar-refractivity contribution in [1.29, 1.82) is 0 Å². The van der Waals surface area contributed by atoms with Crippen LogP contribution in [0.5, 0.6) is 0 Å². The summed E-state index contributed by atoms with van der Waals surface area (Å²) in [4.78, 5) is 23.6. The number of hydrogen-bond acceptors (Lipinski definition) is 3. The number of rotatable bonds is 4. The van der Waals surface area contributed by atoms with Gasteiger partial charge in [0.15, 0.2) is 0 Å². The maximum Gasteiger partial charge on any atom is 0.243 e. The van der Waals surface area contributed by atoms with Gasteiger partial charge in [-0.3, -0.25) is 9.59 Å². The minimum atomic E-state index is -0.233. The molecule has 1 saturated heterocycles. The normalized spacial score (nSPS) is 15.7. The largest absolute Gasteiger partial charge is 0.381 e. The molecule has 0 radical (unpaired) electrons. The highest BCUT2D eigenvalue weighted by atomic mass is 79.9. The molecule has 0 atom stereocenters. The van der Waals surface area contributed by atoms with E-state index in [-0.39, 0.29) is 24.3 Å². The van der Waals surface area contributed by atoms with Gasteiger partial charge in [0.05, 0.1) is 6.54 Å². The Morgan fingerprint density at radius 3 is 2.75 bits per heavy atom. The fourth-order valence-corrected chi connectivity index (χ4v) is 2.44. The van der Waals surface area contributed by atoms with Crippen molar-refractivity contribution in [1.82, 2.24) is 5.32 Å². The van der Waals surface area contributed by atoms with E-state index in [1.165, 1.54) is 0 Å². The summed E-state index contributed by atoms with van der Waals surface area (Å²) in [5, 5.41) is 5.40. The molecule has 0 aliphatic carbocycles. The van der Waals surface area contributed by atoms with Crippen LogP contribution in [0.15, 0.2) is 28.7 Å². The highest BCUT2D eigenvalue weighted by Crippen LogP contribution is 2.16. The van der Waals surface area contributed by atoms with Gasteiger partial charge in [0.1, 0.15) is 0 Å². The number of anilines is 1. The van der Waals surface area contributed by atoms with Crippen molar-refractivity contribution in [3.63, 3.8) is 0 Å². The first-order valence-electron chi connectivity index (χ1n) is 6.56. The summed E-state index contributed by atoms with van der Waals surface area (Å²) in [5.41, 5.74) is 0.699. The molecule has 2 rings (SSSR count). The first-order chi connectivity index (χ1) is 9.65. The molecular weight excluding hydrogens is 324 g/mol. The number of ether oxygens (including phenoxy) is 1. The Kier molecular flexibility index (Phi) is 5.55. The lowest BCUT2D eigenvalue weighted by Gasteiger charge is -2.21. The smallest absolute Gasteiger partial charge is 0.243 e. The van der Waals surface area contributed by atoms with Gasteiger partial charge in [-0.05, 0) is 31.0 Å². The van der Waals surface area contributed by atoms with Gasteiger partial charge in [0.2, 0.25) is 11.8 Å². The monoisotopic (exact) mass is 340 g/mol. The Balaban J connectivity index is 1.75. The highest BCUT2D eigenvalue weighted by molar-refractivity contribution is 9.10. The van der Waals surface area contributed by atoms with E-state index in [2.05, 4.69) is 26.6 Å². The summed E-state index contributed by atoms with van der Waals surface area (Å²) in [6.45, 7) is 1.22. The van der Waals surface area contributed by atoms with Gasteiger partial charge >= 0.3 is 0 Å². The Hall–Kier alpha value is -1.40. The molecule has 108 valence electrons. The van der Waals surface area contributed by atoms with Gasteiger partial charge in [0, 0.05) is 29.3 Å². The van der Waals surface area contributed by atoms with Crippen LogP contribution in [0.1, 0.15) is 12.8 Å². The SMILES string of the molecule is O=C(CNC(=O)C1CCOCC1)Nc1cccc(Br)c1. The second-order valence-electron chi connectivity index (χ2n) is 4.66. The molecule has 1 heterocycles. The first kappa shape index (κ1) is 15.0. The van der Waals surface area contributed by atoms with Crippen LogP contribution in [-0.2, 0) is 14.3 Å². The number of nitrogens with one attached hydrogen (secondary N) is 2. The maximum atomic E-state index is 11.9. The van der Waals surface area contributed by atoms with Gasteiger partial charge in [-0.1, -0.05) is 22.0 Å². The molecule has 5 nitrogen and oxygen atoms in total. The Bertz CT molecular complexity index is 487. The van der Waals surface area contributed by atoms with Crippen LogP contribution in [0.4, 0.5) is 5.69 Å². The van der Waals surface area contributed by atoms with Crippen LogP contribution in [-0.4, -0.2) is 31.6 Å². The number of benzene rings is 1. The van der Waals surface area contributed by atoms with Crippen molar-refractivity contribution in [3.05, 3.63) is 28.7 Å². The summed E-state index contributed by atoms with van der Waals surface area (Å²) in [7, 11) is 0. The first-order valence-corrected chi connectivity index (χ1v) is 7.35. The number of carbonyl (C=O) groups excluding carboxylic acids is 2. The van der Waals surface area contributed by atoms with Gasteiger partial charge in [-0.25, -0.2) is 0 Å². The molecule has 0 bridgehead atoms. The summed E-state index contributed by atoms with van der Waals surface area (Å²) >= 11 is 3.33. The van der Waals surface area contributed by atoms with Crippen molar-refractivity contribution >= 4 is 33.4 Å². The van der Waals surface area contributed by atoms with Gasteiger partial charge in [0.25, 0.3) is 0 Å². The zero-order valence-corrected chi connectivity index (χ0v) is 12.6. The Morgan fingerprint density at radius 2 is 2.05 bits per heavy atom. The van der Waals surface area contributed by atoms with Crippen LogP contribution < -0.4 is 10.6 Å². The van der Waals surface area contributed by atoms with Crippen LogP contribution in [0.2, 0.25) is 0 Å². The lowest BCUT2D eigenvalue weighted by molar-refractivity contribution is -0.129. The average Bonchev–Trinajstić information content (AvgIpc) is 2.46. The maximum absolute atomic E-state index is 11.9. The van der Waals surface area contributed by atoms with E-state index in [0.717, 1.165) is 17.3 Å². The molecule has 0 spiro atoms. The third-order valence-electron chi connectivity index (χ3n) is 3.12. The molecule has 20 heavy (non-hydrogen) atoms. The van der Waals surface area contributed by atoms with E-state index < -0.39 is 0 Å². The average molecular weight is 341 g/mol. The lowest BCUT2D eigenvalue weighted by atomic mass is 9.99. The summed E-state index contributed by atoms with van der Waals surface area (Å²) in [6, 6.07) is 7.31. The van der Waals surface area contributed by atoms with E-state index >= 15 is 0 Å². The summed E-state index contributed by atoms with van der Waals surface area (Å²) < 4.78 is 6.09. The standard InChI is InChI=1S/C14H17BrN2O3/c15-11-2-1-3-12(8-11)17-13(18)9-16-14(19)10-4-6-20-7-5-10/h1-3,8,10H,4-7,9H2,(H,16,19)(H,17,18). The number of hydrogen-bond donors (Lipinski definition) is 2. The van der Waals surface area contributed by atoms with Crippen molar-refractivity contribution < 1.29 is 14.3 Å². The number of carbonyl (C=O) groups is 2. The summed E-state index contributed by atoms with van der Waals surface area (Å²) in [6.07, 6.45) is 1.44. The van der Waals surface area contributed by atoms with Gasteiger partial charge in [-0.2, -0.15) is 0 Å². The van der Waals surface area contributed by atoms with E-state index in [1.807, 2.05) is 12.1 Å². The molecule has 1 fully saturated rings. The van der Waals surface area contributed by atoms with Crippen molar-refractivity contribution in [3.8, 4) is 0 Å². The number of amides is 2. The van der Waals surface area contributed by atoms with E-state index in [0.29, 0.717) is 18.9 Å². The van der Waals surface area contributed by atoms with E-state index in [9.17, 15) is 9.59 Å². The zero-order chi connectivity index (χ0) is 14.4. The molecule has 0 saturated carbocycles. The van der Waals surface area contributed by atoms with Crippen molar-refractivity contribution in [2.24, 2.45) is 5.92 Å². The second kappa shape index (κ2) is 7.40. The molecule has 0 aromatic heterocycles. The summed E-state index contributed by atoms with van der Waals surface area (Å²) in [5.74, 6) is -0.344. The molecule has 1 aromatic rings. The molecule has 6 heteroatoms. The van der Waals surface area contributed by atoms with Gasteiger partial charge in [-0.15, -0.1) is 0 Å². The fraction of sp³-hybridized carbons (Fsp3) is 0.429. The third kappa shape index (κ3) is 4.61. The van der Waals surface area contributed by atoms with Crippen molar-refractivity contribution in [2.45, 2.75) is 12.8 Å². The Labute approximate surface area is 126 Å². The molecule has 0 unspecified atom stereocenters. The number of halogens is 1. The minimum absolute atomic E-state index is 0.0112. The zero-order valence-electron chi connectivity index (χ0n) is 11.0. The minimum Gasteiger partial charge on any atom is -0.381 e. The molecule has 1 aliphatic heterocycles. The molecule has 2 amide bonds. The molecule has 2 N–H and O–H groups in total. The van der Waals surface area contributed by atoms with Crippen molar-refractivity contribution in [2.75, 3.05) is 25.1 Å². The Morgan fingerprint density at radius 1 is 1.30 bits per heavy atom. The predicted molar refractivity (Wildman–Crippen MR) is 79.3 cm³/mol. The second-order valence-corrected chi connectivity index (χ2v) is 5.58. The van der Waals surface area contributed by atoms with Gasteiger partial charge < -0.3 is 15.4 Å². The quantitative estimate of drug-likeness (QED) is 0.879. The lowest BCUT2D eigenvalue weighted by Crippen LogP contribution is -2.38. The van der Waals surface area contributed by atoms with E-state index in [1.54, 1.807) is 12.1 Å². The van der Waals surface area contributed by atoms with E-state index in [4.69, 9.17) is 4.74 Å². The fourth-order valence-electron chi connectivity index (χ4n) is 2.04. The third-order valence-corrected chi connectivity index (χ3v) is 3.62. The van der Waals surface area contributed by atoms with Crippen LogP contribution in [0.25, 0.3) is 0 Å². The molecule has 1 aromatic carbocycles. The molecular formula is C14H17BrN2O3. The highest BCUT2D eigenvalue weighted by Gasteiger charge is 2.21. The molecule has 1 aliphatic rings. The van der Waals surface area contributed by atoms with Crippen LogP contribution >= 0.6 is 15.9 Å². The predicted octanol–water partition coefficient (Wildman–Crippen LogP) is 1.93. The van der Waals surface area contributed by atoms with Crippen LogP contribution in [0, 0.1) is 5.92 Å². The topological polar surface area (TPSA) is 67.4 Å². The van der Waals surface area contributed by atoms with Crippen LogP contribution in [0.3, 0.4) is 0 Å².